The number of allylic oxidation sites excluding steroid dienone is 5. The Balaban J connectivity index is 1.32. The summed E-state index contributed by atoms with van der Waals surface area (Å²) in [6.45, 7) is 6.24. The molecule has 0 fully saturated rings. The van der Waals surface area contributed by atoms with Gasteiger partial charge >= 0.3 is 0 Å². The Morgan fingerprint density at radius 3 is 2.41 bits per heavy atom. The minimum absolute atomic E-state index is 0.427. The van der Waals surface area contributed by atoms with Gasteiger partial charge in [-0.1, -0.05) is 157 Å². The molecule has 3 aliphatic rings. The fourth-order valence-electron chi connectivity index (χ4n) is 9.27. The molecule has 0 amide bonds. The number of fused-ring (bicyclic) bond motifs is 7. The summed E-state index contributed by atoms with van der Waals surface area (Å²) >= 11 is 0. The molecule has 10 rings (SSSR count). The maximum Gasteiger partial charge on any atom is 0.197 e. The van der Waals surface area contributed by atoms with Gasteiger partial charge < -0.3 is 9.88 Å². The monoisotopic (exact) mass is 651 g/mol. The highest BCUT2D eigenvalue weighted by Crippen LogP contribution is 2.59. The largest absolute Gasteiger partial charge is 0.354 e. The molecule has 1 unspecified atom stereocenters. The molecule has 2 aliphatic heterocycles. The van der Waals surface area contributed by atoms with E-state index in [0.717, 1.165) is 29.6 Å². The topological polar surface area (TPSA) is 19.0 Å². The molecule has 3 heteroatoms. The first-order chi connectivity index (χ1) is 25.2. The second-order valence-corrected chi connectivity index (χ2v) is 13.8. The molecule has 51 heavy (non-hydrogen) atoms. The standard InChI is InChI=1S/C48H36BN2/c1-3-17-42-34(4-2)36-24-15-25-37(45(36)50-42)38-30-31-18-11-12-23-35(31)46-44(38)49-41-28-16-27-40-47(41)51(46)43-29-14-13-26-39(43)48(40,32-19-7-5-8-20-32)33-21-9-6-10-22-33/h3-9,11-21,23-30,50H,2,10,22H2,1H3/b17-3-. The quantitative estimate of drug-likeness (QED) is 0.184. The number of benzene rings is 6. The van der Waals surface area contributed by atoms with Gasteiger partial charge in [0.25, 0.3) is 0 Å². The van der Waals surface area contributed by atoms with Crippen molar-refractivity contribution in [3.63, 3.8) is 0 Å². The number of anilines is 3. The van der Waals surface area contributed by atoms with E-state index in [1.165, 1.54) is 77.5 Å². The summed E-state index contributed by atoms with van der Waals surface area (Å²) in [6, 6.07) is 45.2. The maximum absolute atomic E-state index is 4.18. The molecule has 3 heterocycles. The molecule has 0 bridgehead atoms. The number of para-hydroxylation sites is 3. The Labute approximate surface area is 300 Å². The number of rotatable bonds is 5. The van der Waals surface area contributed by atoms with E-state index in [1.54, 1.807) is 0 Å². The van der Waals surface area contributed by atoms with Crippen molar-refractivity contribution in [1.82, 2.24) is 4.98 Å². The van der Waals surface area contributed by atoms with Crippen molar-refractivity contribution in [2.45, 2.75) is 25.2 Å². The number of hydrogen-bond acceptors (Lipinski definition) is 1. The van der Waals surface area contributed by atoms with Crippen LogP contribution in [0, 0.1) is 0 Å². The van der Waals surface area contributed by atoms with Crippen molar-refractivity contribution >= 4 is 69.1 Å². The summed E-state index contributed by atoms with van der Waals surface area (Å²) in [5, 5.41) is 3.65. The molecule has 0 saturated heterocycles. The van der Waals surface area contributed by atoms with Crippen LogP contribution in [0.15, 0.2) is 158 Å². The SMILES string of the molecule is C=Cc1c(/C=C\C)[nH]c2c(-c3cc4ccccc4c4c3[B]c3cccc5c3N4c3ccccc3C5(C3=CC=CCC3)c3ccccc3)cccc12. The highest BCUT2D eigenvalue weighted by Gasteiger charge is 2.49. The van der Waals surface area contributed by atoms with Crippen molar-refractivity contribution in [2.24, 2.45) is 0 Å². The molecule has 1 atom stereocenters. The summed E-state index contributed by atoms with van der Waals surface area (Å²) in [4.78, 5) is 6.38. The van der Waals surface area contributed by atoms with Crippen LogP contribution in [0.2, 0.25) is 0 Å². The van der Waals surface area contributed by atoms with E-state index >= 15 is 0 Å². The van der Waals surface area contributed by atoms with Gasteiger partial charge in [-0.15, -0.1) is 0 Å². The molecular weight excluding hydrogens is 615 g/mol. The van der Waals surface area contributed by atoms with E-state index in [4.69, 9.17) is 0 Å². The Hall–Kier alpha value is -6.06. The summed E-state index contributed by atoms with van der Waals surface area (Å²) in [7, 11) is 2.45. The maximum atomic E-state index is 4.18. The Morgan fingerprint density at radius 2 is 1.57 bits per heavy atom. The second-order valence-electron chi connectivity index (χ2n) is 13.8. The van der Waals surface area contributed by atoms with Crippen LogP contribution >= 0.6 is 0 Å². The van der Waals surface area contributed by atoms with Gasteiger partial charge in [-0.25, -0.2) is 0 Å². The molecule has 6 aromatic carbocycles. The van der Waals surface area contributed by atoms with Gasteiger partial charge in [0, 0.05) is 39.0 Å². The first-order valence-electron chi connectivity index (χ1n) is 18.0. The van der Waals surface area contributed by atoms with Gasteiger partial charge in [0.2, 0.25) is 0 Å². The summed E-state index contributed by atoms with van der Waals surface area (Å²) in [5.41, 5.74) is 16.9. The average Bonchev–Trinajstić information content (AvgIpc) is 3.55. The third-order valence-electron chi connectivity index (χ3n) is 11.3. The zero-order chi connectivity index (χ0) is 34.1. The Morgan fingerprint density at radius 1 is 0.784 bits per heavy atom. The number of H-pyrrole nitrogens is 1. The number of nitrogens with zero attached hydrogens (tertiary/aromatic N) is 1. The van der Waals surface area contributed by atoms with Crippen molar-refractivity contribution in [1.29, 1.82) is 0 Å². The molecule has 2 nitrogen and oxygen atoms in total. The first-order valence-corrected chi connectivity index (χ1v) is 18.0. The summed E-state index contributed by atoms with van der Waals surface area (Å²) < 4.78 is 0. The highest BCUT2D eigenvalue weighted by molar-refractivity contribution is 6.74. The van der Waals surface area contributed by atoms with E-state index in [9.17, 15) is 0 Å². The van der Waals surface area contributed by atoms with E-state index in [2.05, 4.69) is 182 Å². The van der Waals surface area contributed by atoms with Crippen LogP contribution in [-0.2, 0) is 5.41 Å². The molecule has 1 aliphatic carbocycles. The number of aromatic nitrogens is 1. The van der Waals surface area contributed by atoms with Gasteiger partial charge in [0.05, 0.1) is 16.6 Å². The number of aromatic amines is 1. The van der Waals surface area contributed by atoms with Gasteiger partial charge in [0.15, 0.2) is 7.28 Å². The van der Waals surface area contributed by atoms with Crippen molar-refractivity contribution in [3.05, 3.63) is 186 Å². The molecule has 1 radical (unpaired) electrons. The first kappa shape index (κ1) is 29.8. The van der Waals surface area contributed by atoms with Crippen molar-refractivity contribution in [3.8, 4) is 11.1 Å². The minimum atomic E-state index is -0.427. The van der Waals surface area contributed by atoms with Gasteiger partial charge in [-0.3, -0.25) is 0 Å². The third-order valence-corrected chi connectivity index (χ3v) is 11.3. The van der Waals surface area contributed by atoms with Crippen LogP contribution in [0.3, 0.4) is 0 Å². The zero-order valence-electron chi connectivity index (χ0n) is 28.7. The van der Waals surface area contributed by atoms with Crippen molar-refractivity contribution < 1.29 is 0 Å². The average molecular weight is 652 g/mol. The van der Waals surface area contributed by atoms with Crippen LogP contribution in [0.25, 0.3) is 45.0 Å². The van der Waals surface area contributed by atoms with E-state index in [1.807, 2.05) is 6.08 Å². The van der Waals surface area contributed by atoms with E-state index in [0.29, 0.717) is 0 Å². The lowest BCUT2D eigenvalue weighted by atomic mass is 9.53. The van der Waals surface area contributed by atoms with Crippen molar-refractivity contribution in [2.75, 3.05) is 4.90 Å². The lowest BCUT2D eigenvalue weighted by Crippen LogP contribution is -2.47. The molecule has 7 aromatic rings. The van der Waals surface area contributed by atoms with Crippen LogP contribution in [0.1, 0.15) is 47.7 Å². The fraction of sp³-hybridized carbons (Fsp3) is 0.0833. The minimum Gasteiger partial charge on any atom is -0.354 e. The molecular formula is C48H36BN2. The Kier molecular flexibility index (Phi) is 6.73. The van der Waals surface area contributed by atoms with Crippen LogP contribution < -0.4 is 15.8 Å². The van der Waals surface area contributed by atoms with Gasteiger partial charge in [-0.2, -0.15) is 0 Å². The lowest BCUT2D eigenvalue weighted by molar-refractivity contribution is 0.668. The van der Waals surface area contributed by atoms with E-state index in [-0.39, 0.29) is 0 Å². The molecule has 1 N–H and O–H groups in total. The normalized spacial score (nSPS) is 17.2. The lowest BCUT2D eigenvalue weighted by Gasteiger charge is -2.50. The number of hydrogen-bond donors (Lipinski definition) is 1. The van der Waals surface area contributed by atoms with E-state index < -0.39 is 5.41 Å². The molecule has 1 aromatic heterocycles. The highest BCUT2D eigenvalue weighted by atomic mass is 15.2. The van der Waals surface area contributed by atoms with Gasteiger partial charge in [-0.05, 0) is 71.1 Å². The van der Waals surface area contributed by atoms with Crippen LogP contribution in [-0.4, -0.2) is 12.3 Å². The summed E-state index contributed by atoms with van der Waals surface area (Å²) in [5.74, 6) is 0. The van der Waals surface area contributed by atoms with Crippen LogP contribution in [0.5, 0.6) is 0 Å². The third kappa shape index (κ3) is 4.12. The fourth-order valence-corrected chi connectivity index (χ4v) is 9.27. The number of nitrogens with one attached hydrogen (secondary N) is 1. The molecule has 0 spiro atoms. The summed E-state index contributed by atoms with van der Waals surface area (Å²) in [6.07, 6.45) is 15.2. The molecule has 241 valence electrons. The smallest absolute Gasteiger partial charge is 0.197 e. The predicted octanol–water partition coefficient (Wildman–Crippen LogP) is 11.0. The Bertz CT molecular complexity index is 2650. The molecule has 0 saturated carbocycles. The van der Waals surface area contributed by atoms with Gasteiger partial charge in [0.1, 0.15) is 0 Å². The zero-order valence-corrected chi connectivity index (χ0v) is 28.7. The van der Waals surface area contributed by atoms with Crippen LogP contribution in [0.4, 0.5) is 17.1 Å². The second kappa shape index (κ2) is 11.5. The predicted molar refractivity (Wildman–Crippen MR) is 219 cm³/mol.